The van der Waals surface area contributed by atoms with Gasteiger partial charge in [-0.25, -0.2) is 0 Å². The molecule has 4 atom stereocenters. The van der Waals surface area contributed by atoms with E-state index in [4.69, 9.17) is 0 Å². The number of allylic oxidation sites excluding steroid dienone is 12. The summed E-state index contributed by atoms with van der Waals surface area (Å²) >= 11 is 0. The molecular formula is C25H27N. The van der Waals surface area contributed by atoms with E-state index in [0.717, 1.165) is 0 Å². The van der Waals surface area contributed by atoms with Crippen LogP contribution in [0.3, 0.4) is 0 Å². The highest BCUT2D eigenvalue weighted by atomic mass is 14.7. The molecule has 0 amide bonds. The first kappa shape index (κ1) is 16.1. The largest absolute Gasteiger partial charge is 0.193 e. The molecule has 0 aromatic carbocycles. The summed E-state index contributed by atoms with van der Waals surface area (Å²) in [5.74, 6) is 0.620. The van der Waals surface area contributed by atoms with Gasteiger partial charge in [-0.15, -0.1) is 0 Å². The molecule has 0 heterocycles. The smallest absolute Gasteiger partial charge is 0.0912 e. The summed E-state index contributed by atoms with van der Waals surface area (Å²) in [6.45, 7) is 9.63. The Labute approximate surface area is 157 Å². The first-order valence-corrected chi connectivity index (χ1v) is 9.90. The maximum Gasteiger partial charge on any atom is 0.0912 e. The molecule has 1 nitrogen and oxygen atoms in total. The molecule has 0 saturated heterocycles. The predicted molar refractivity (Wildman–Crippen MR) is 106 cm³/mol. The molecule has 4 bridgehead atoms. The van der Waals surface area contributed by atoms with Crippen molar-refractivity contribution in [2.75, 3.05) is 0 Å². The molecule has 2 saturated carbocycles. The first-order valence-electron chi connectivity index (χ1n) is 9.90. The predicted octanol–water partition coefficient (Wildman–Crippen LogP) is 6.06. The van der Waals surface area contributed by atoms with Crippen molar-refractivity contribution in [2.24, 2.45) is 33.5 Å². The third-order valence-corrected chi connectivity index (χ3v) is 8.48. The normalized spacial score (nSPS) is 42.3. The van der Waals surface area contributed by atoms with Gasteiger partial charge in [0.25, 0.3) is 0 Å². The van der Waals surface area contributed by atoms with Crippen LogP contribution in [0, 0.1) is 44.8 Å². The summed E-state index contributed by atoms with van der Waals surface area (Å²) in [6, 6.07) is 2.40. The summed E-state index contributed by atoms with van der Waals surface area (Å²) in [5.41, 5.74) is 4.79. The zero-order chi connectivity index (χ0) is 18.4. The Bertz CT molecular complexity index is 860. The van der Waals surface area contributed by atoms with Crippen LogP contribution in [-0.2, 0) is 0 Å². The Morgan fingerprint density at radius 2 is 1.42 bits per heavy atom. The quantitative estimate of drug-likeness (QED) is 0.491. The molecule has 0 spiro atoms. The highest BCUT2D eigenvalue weighted by molar-refractivity contribution is 5.61. The molecule has 26 heavy (non-hydrogen) atoms. The van der Waals surface area contributed by atoms with Gasteiger partial charge in [0.05, 0.1) is 6.07 Å². The fourth-order valence-electron chi connectivity index (χ4n) is 7.30. The standard InChI is InChI=1S/C25H27N/c1-22(2)12-9-17-10-13-23(3,4)25-15-14-24(22,21(17)25)19-7-5-6-8-20(25)18(19)11-16-26/h5-13,19-20H,14-15H2,1-4H3. The zero-order valence-electron chi connectivity index (χ0n) is 16.2. The molecule has 5 rings (SSSR count). The van der Waals surface area contributed by atoms with Gasteiger partial charge >= 0.3 is 0 Å². The van der Waals surface area contributed by atoms with E-state index in [1.807, 2.05) is 6.08 Å². The molecule has 4 unspecified atom stereocenters. The molecule has 0 aromatic heterocycles. The molecular weight excluding hydrogens is 314 g/mol. The second kappa shape index (κ2) is 4.61. The van der Waals surface area contributed by atoms with Crippen LogP contribution in [0.5, 0.6) is 0 Å². The molecule has 0 N–H and O–H groups in total. The van der Waals surface area contributed by atoms with E-state index in [0.29, 0.717) is 11.8 Å². The van der Waals surface area contributed by atoms with E-state index >= 15 is 0 Å². The summed E-state index contributed by atoms with van der Waals surface area (Å²) < 4.78 is 0. The van der Waals surface area contributed by atoms with E-state index in [9.17, 15) is 5.26 Å². The van der Waals surface area contributed by atoms with Gasteiger partial charge < -0.3 is 0 Å². The van der Waals surface area contributed by atoms with Crippen molar-refractivity contribution in [1.82, 2.24) is 0 Å². The van der Waals surface area contributed by atoms with Crippen LogP contribution in [0.1, 0.15) is 40.5 Å². The first-order chi connectivity index (χ1) is 12.3. The van der Waals surface area contributed by atoms with Crippen LogP contribution in [-0.4, -0.2) is 0 Å². The van der Waals surface area contributed by atoms with Crippen molar-refractivity contribution in [2.45, 2.75) is 40.5 Å². The van der Waals surface area contributed by atoms with Crippen molar-refractivity contribution in [1.29, 1.82) is 5.26 Å². The average molecular weight is 341 g/mol. The number of rotatable bonds is 0. The topological polar surface area (TPSA) is 23.8 Å². The van der Waals surface area contributed by atoms with Crippen molar-refractivity contribution in [3.05, 3.63) is 71.4 Å². The molecule has 0 radical (unpaired) electrons. The molecule has 132 valence electrons. The van der Waals surface area contributed by atoms with Gasteiger partial charge in [0, 0.05) is 28.7 Å². The minimum atomic E-state index is 0.0771. The van der Waals surface area contributed by atoms with Gasteiger partial charge in [0.2, 0.25) is 0 Å². The lowest BCUT2D eigenvalue weighted by Gasteiger charge is -2.63. The molecule has 5 aliphatic carbocycles. The number of hydrogen-bond donors (Lipinski definition) is 0. The van der Waals surface area contributed by atoms with Crippen molar-refractivity contribution < 1.29 is 0 Å². The fraction of sp³-hybridized carbons (Fsp3) is 0.480. The third-order valence-electron chi connectivity index (χ3n) is 8.48. The van der Waals surface area contributed by atoms with Crippen molar-refractivity contribution in [3.8, 4) is 6.07 Å². The second-order valence-corrected chi connectivity index (χ2v) is 9.88. The Balaban J connectivity index is 1.96. The lowest BCUT2D eigenvalue weighted by molar-refractivity contribution is 0.0527. The van der Waals surface area contributed by atoms with Crippen LogP contribution in [0.25, 0.3) is 0 Å². The van der Waals surface area contributed by atoms with Crippen LogP contribution >= 0.6 is 0 Å². The number of nitriles is 1. The SMILES string of the molecule is CC1(C)C=CC2=C3C14CCC3(C1C=CC=CC4C1=CC#N)C(C)(C)C=C2. The van der Waals surface area contributed by atoms with E-state index in [-0.39, 0.29) is 21.7 Å². The summed E-state index contributed by atoms with van der Waals surface area (Å²) in [5, 5.41) is 9.62. The monoisotopic (exact) mass is 341 g/mol. The zero-order valence-corrected chi connectivity index (χ0v) is 16.2. The van der Waals surface area contributed by atoms with E-state index in [2.05, 4.69) is 82.4 Å². The minimum absolute atomic E-state index is 0.0771. The number of nitrogens with zero attached hydrogens (tertiary/aromatic N) is 1. The van der Waals surface area contributed by atoms with E-state index in [1.54, 1.807) is 5.57 Å². The maximum atomic E-state index is 9.62. The summed E-state index contributed by atoms with van der Waals surface area (Å²) in [7, 11) is 0. The van der Waals surface area contributed by atoms with Crippen LogP contribution in [0.4, 0.5) is 0 Å². The van der Waals surface area contributed by atoms with Crippen LogP contribution in [0.2, 0.25) is 0 Å². The molecule has 2 fully saturated rings. The van der Waals surface area contributed by atoms with E-state index in [1.165, 1.54) is 24.0 Å². The minimum Gasteiger partial charge on any atom is -0.193 e. The molecule has 5 aliphatic rings. The second-order valence-electron chi connectivity index (χ2n) is 9.88. The van der Waals surface area contributed by atoms with Crippen molar-refractivity contribution >= 4 is 0 Å². The number of hydrogen-bond acceptors (Lipinski definition) is 1. The average Bonchev–Trinajstić information content (AvgIpc) is 2.81. The lowest BCUT2D eigenvalue weighted by atomic mass is 9.40. The van der Waals surface area contributed by atoms with Gasteiger partial charge in [0.1, 0.15) is 0 Å². The highest BCUT2D eigenvalue weighted by Gasteiger charge is 2.72. The van der Waals surface area contributed by atoms with Crippen molar-refractivity contribution in [3.63, 3.8) is 0 Å². The van der Waals surface area contributed by atoms with E-state index < -0.39 is 0 Å². The highest BCUT2D eigenvalue weighted by Crippen LogP contribution is 2.80. The Morgan fingerprint density at radius 3 is 1.88 bits per heavy atom. The van der Waals surface area contributed by atoms with Gasteiger partial charge in [-0.3, -0.25) is 0 Å². The summed E-state index contributed by atoms with van der Waals surface area (Å²) in [4.78, 5) is 0. The van der Waals surface area contributed by atoms with Gasteiger partial charge in [0.15, 0.2) is 0 Å². The Kier molecular flexibility index (Phi) is 2.86. The maximum absolute atomic E-state index is 9.62. The van der Waals surface area contributed by atoms with Crippen LogP contribution < -0.4 is 0 Å². The van der Waals surface area contributed by atoms with Gasteiger partial charge in [-0.2, -0.15) is 5.26 Å². The molecule has 0 aliphatic heterocycles. The Hall–Kier alpha value is -2.07. The van der Waals surface area contributed by atoms with Gasteiger partial charge in [-0.1, -0.05) is 76.3 Å². The Morgan fingerprint density at radius 1 is 0.923 bits per heavy atom. The fourth-order valence-corrected chi connectivity index (χ4v) is 7.30. The third kappa shape index (κ3) is 1.47. The lowest BCUT2D eigenvalue weighted by Crippen LogP contribution is -2.56. The van der Waals surface area contributed by atoms with Gasteiger partial charge in [-0.05, 0) is 40.4 Å². The number of fused-ring (bicyclic) bond motifs is 2. The molecule has 1 heteroatoms. The molecule has 0 aromatic rings. The summed E-state index contributed by atoms with van der Waals surface area (Å²) in [6.07, 6.45) is 23.1. The van der Waals surface area contributed by atoms with Crippen LogP contribution in [0.15, 0.2) is 71.4 Å².